The number of hydrogen-bond acceptors (Lipinski definition) is 20. The number of nitrogens with one attached hydrogen (secondary N) is 12. The smallest absolute Gasteiger partial charge is 0.408 e. The molecule has 0 aliphatic carbocycles. The molecule has 0 rings (SSSR count). The molecule has 0 aromatic rings. The van der Waals surface area contributed by atoms with Gasteiger partial charge in [0.25, 0.3) is 0 Å². The van der Waals surface area contributed by atoms with Gasteiger partial charge in [0.2, 0.25) is 59.1 Å². The van der Waals surface area contributed by atoms with Crippen LogP contribution >= 0.6 is 0 Å². The number of methoxy groups -OCH3 is 2. The average Bonchev–Trinajstić information content (AvgIpc) is 0.821. The lowest BCUT2D eigenvalue weighted by molar-refractivity contribution is -0.150. The van der Waals surface area contributed by atoms with Gasteiger partial charge in [-0.25, -0.2) is 19.2 Å². The van der Waals surface area contributed by atoms with Crippen LogP contribution < -0.4 is 63.8 Å². The third kappa shape index (κ3) is 48.2. The van der Waals surface area contributed by atoms with Crippen LogP contribution in [0.3, 0.4) is 0 Å². The summed E-state index contributed by atoms with van der Waals surface area (Å²) in [6.45, 7) is 55.2. The highest BCUT2D eigenvalue weighted by molar-refractivity contribution is 6.00. The van der Waals surface area contributed by atoms with Gasteiger partial charge in [0.05, 0.1) is 26.4 Å². The second-order valence-corrected chi connectivity index (χ2v) is 35.6. The van der Waals surface area contributed by atoms with Crippen LogP contribution in [-0.2, 0) is 76.5 Å². The number of nitriles is 2. The summed E-state index contributed by atoms with van der Waals surface area (Å²) in [5.41, 5.74) is -7.35. The van der Waals surface area contributed by atoms with Crippen LogP contribution in [0.25, 0.3) is 0 Å². The first-order valence-electron chi connectivity index (χ1n) is 38.7. The lowest BCUT2D eigenvalue weighted by Crippen LogP contribution is -2.63. The molecule has 8 atom stereocenters. The Labute approximate surface area is 669 Å². The zero-order valence-electron chi connectivity index (χ0n) is 74.1. The van der Waals surface area contributed by atoms with Crippen molar-refractivity contribution in [3.8, 4) is 12.1 Å². The van der Waals surface area contributed by atoms with Crippen LogP contribution in [0, 0.1) is 70.0 Å². The second kappa shape index (κ2) is 51.0. The minimum atomic E-state index is -1.54. The third-order valence-electron chi connectivity index (χ3n) is 15.7. The number of nitrogens with zero attached hydrogens (tertiary/aromatic N) is 2. The van der Waals surface area contributed by atoms with Gasteiger partial charge in [-0.15, -0.1) is 0 Å². The second-order valence-electron chi connectivity index (χ2n) is 35.6. The molecule has 0 fully saturated rings. The summed E-state index contributed by atoms with van der Waals surface area (Å²) < 4.78 is 20.3. The number of carbonyl (C=O) groups excluding carboxylic acids is 14. The summed E-state index contributed by atoms with van der Waals surface area (Å²) >= 11 is 0. The van der Waals surface area contributed by atoms with Crippen molar-refractivity contribution < 1.29 is 86.1 Å². The molecular weight excluding hydrogens is 1440 g/mol. The van der Waals surface area contributed by atoms with E-state index in [1.807, 2.05) is 111 Å². The SMILES string of the molecule is CC#N.CC#N.COC(=O)C(C)(C)NC(=O)[C@H](CC(C)C)NC(=O)[C@@H](CC(C)C)NC(=O)C(C)(C)NC(=O)[C@@H](CC(C)C)NC(=O)[C@H](CC(C)C)NC(=O)OC(C)(C)C.COC(=O)C(C)(C)NC(=O)[C@H](CC(C)C)NC(=O)[C@@H](CC(C)C)NC(=O)C(C)(C)NC(=O)[C@@H](CC(C)C)NC(=O)[C@H](CC(C)C)NC(=O)OC(C)(C)C. The normalized spacial score (nSPS) is 13.9. The zero-order valence-corrected chi connectivity index (χ0v) is 74.1. The fourth-order valence-corrected chi connectivity index (χ4v) is 10.6. The highest BCUT2D eigenvalue weighted by Gasteiger charge is 2.42. The highest BCUT2D eigenvalue weighted by atomic mass is 16.6. The molecule has 0 saturated carbocycles. The quantitative estimate of drug-likeness (QED) is 0.0204. The lowest BCUT2D eigenvalue weighted by atomic mass is 9.96. The predicted molar refractivity (Wildman–Crippen MR) is 429 cm³/mol. The highest BCUT2D eigenvalue weighted by Crippen LogP contribution is 2.20. The van der Waals surface area contributed by atoms with Gasteiger partial charge < -0.3 is 82.7 Å². The van der Waals surface area contributed by atoms with Crippen LogP contribution in [0.4, 0.5) is 9.59 Å². The number of esters is 2. The fourth-order valence-electron chi connectivity index (χ4n) is 10.6. The third-order valence-corrected chi connectivity index (χ3v) is 15.7. The van der Waals surface area contributed by atoms with Gasteiger partial charge >= 0.3 is 24.1 Å². The van der Waals surface area contributed by atoms with Gasteiger partial charge in [-0.3, -0.25) is 47.9 Å². The molecule has 0 heterocycles. The maximum Gasteiger partial charge on any atom is 0.408 e. The van der Waals surface area contributed by atoms with Crippen molar-refractivity contribution in [2.75, 3.05) is 14.2 Å². The van der Waals surface area contributed by atoms with Crippen molar-refractivity contribution in [3.05, 3.63) is 0 Å². The Morgan fingerprint density at radius 3 is 0.571 bits per heavy atom. The number of carbonyl (C=O) groups is 14. The molecule has 12 N–H and O–H groups in total. The molecule has 32 heteroatoms. The molecule has 12 amide bonds. The van der Waals surface area contributed by atoms with Crippen molar-refractivity contribution in [3.63, 3.8) is 0 Å². The van der Waals surface area contributed by atoms with E-state index in [4.69, 9.17) is 29.5 Å². The largest absolute Gasteiger partial charge is 0.467 e. The van der Waals surface area contributed by atoms with E-state index >= 15 is 0 Å². The molecule has 0 unspecified atom stereocenters. The van der Waals surface area contributed by atoms with Crippen LogP contribution in [-0.4, -0.2) is 179 Å². The summed E-state index contributed by atoms with van der Waals surface area (Å²) in [6.07, 6.45) is 0.484. The molecule has 0 spiro atoms. The summed E-state index contributed by atoms with van der Waals surface area (Å²) in [5, 5.41) is 47.1. The first kappa shape index (κ1) is 109. The minimum Gasteiger partial charge on any atom is -0.467 e. The first-order chi connectivity index (χ1) is 50.8. The summed E-state index contributed by atoms with van der Waals surface area (Å²) in [7, 11) is 2.42. The van der Waals surface area contributed by atoms with Crippen LogP contribution in [0.15, 0.2) is 0 Å². The molecule has 0 radical (unpaired) electrons. The van der Waals surface area contributed by atoms with Gasteiger partial charge in [-0.1, -0.05) is 111 Å². The first-order valence-corrected chi connectivity index (χ1v) is 38.7. The zero-order chi connectivity index (χ0) is 88.7. The number of hydrogen-bond donors (Lipinski definition) is 12. The van der Waals surface area contributed by atoms with E-state index in [0.717, 1.165) is 0 Å². The van der Waals surface area contributed by atoms with Crippen LogP contribution in [0.1, 0.15) is 273 Å². The van der Waals surface area contributed by atoms with E-state index < -0.39 is 165 Å². The minimum absolute atomic E-state index is 0.00686. The average molecular weight is 1590 g/mol. The van der Waals surface area contributed by atoms with E-state index in [1.54, 1.807) is 53.7 Å². The molecule has 0 bridgehead atoms. The maximum atomic E-state index is 13.7. The Kier molecular flexibility index (Phi) is 49.9. The van der Waals surface area contributed by atoms with Crippen LogP contribution in [0.5, 0.6) is 0 Å². The Morgan fingerprint density at radius 2 is 0.420 bits per heavy atom. The topological polar surface area (TPSA) is 468 Å². The summed E-state index contributed by atoms with van der Waals surface area (Å²) in [5.74, 6) is -7.52. The molecule has 112 heavy (non-hydrogen) atoms. The van der Waals surface area contributed by atoms with Gasteiger partial charge in [0, 0.05) is 13.8 Å². The number of alkyl carbamates (subject to hydrolysis) is 2. The van der Waals surface area contributed by atoms with E-state index in [-0.39, 0.29) is 98.7 Å². The molecular formula is C80H146N14O18. The monoisotopic (exact) mass is 1590 g/mol. The fraction of sp³-hybridized carbons (Fsp3) is 0.800. The molecule has 32 nitrogen and oxygen atoms in total. The van der Waals surface area contributed by atoms with Gasteiger partial charge in [0.1, 0.15) is 81.7 Å². The lowest BCUT2D eigenvalue weighted by Gasteiger charge is -2.32. The van der Waals surface area contributed by atoms with Gasteiger partial charge in [0.15, 0.2) is 0 Å². The number of amides is 12. The van der Waals surface area contributed by atoms with Crippen molar-refractivity contribution in [2.24, 2.45) is 47.3 Å². The molecule has 0 aliphatic heterocycles. The predicted octanol–water partition coefficient (Wildman–Crippen LogP) is 8.02. The van der Waals surface area contributed by atoms with Crippen LogP contribution in [0.2, 0.25) is 0 Å². The molecule has 0 aliphatic rings. The number of rotatable bonds is 40. The van der Waals surface area contributed by atoms with E-state index in [1.165, 1.54) is 83.5 Å². The Hall–Kier alpha value is -8.84. The maximum absolute atomic E-state index is 13.7. The molecule has 644 valence electrons. The molecule has 0 aromatic heterocycles. The van der Waals surface area contributed by atoms with Crippen molar-refractivity contribution in [1.82, 2.24) is 63.8 Å². The molecule has 0 saturated heterocycles. The standard InChI is InChI=1S/2C38H70N6O9.2C2H3N/c2*1-21(2)17-25(29(45)39-28(20-24(7)8)32(48)44-38(14,15)34(50)52-16)41-33(49)37(12,13)43-31(47)27(19-23(5)6)40-30(46)26(18-22(3)4)42-35(51)53-36(9,10)11;2*1-2-3/h2*21-28H,17-20H2,1-16H3,(H,39,45)(H,40,46)(H,41,49)(H,42,51)(H,43,47)(H,44,48);2*1H3/t2*25-,26+,27-,28+;;/m11../s1. The van der Waals surface area contributed by atoms with Gasteiger partial charge in [-0.05, 0) is 196 Å². The van der Waals surface area contributed by atoms with Crippen molar-refractivity contribution in [2.45, 2.75) is 355 Å². The molecule has 0 aromatic carbocycles. The summed E-state index contributed by atoms with van der Waals surface area (Å²) in [6, 6.07) is -4.74. The van der Waals surface area contributed by atoms with Gasteiger partial charge in [-0.2, -0.15) is 10.5 Å². The van der Waals surface area contributed by atoms with E-state index in [9.17, 15) is 67.1 Å². The van der Waals surface area contributed by atoms with Crippen molar-refractivity contribution >= 4 is 83.2 Å². The van der Waals surface area contributed by atoms with Crippen molar-refractivity contribution in [1.29, 1.82) is 10.5 Å². The Morgan fingerprint density at radius 1 is 0.268 bits per heavy atom. The van der Waals surface area contributed by atoms with E-state index in [2.05, 4.69) is 63.8 Å². The number of ether oxygens (including phenoxy) is 4. The Bertz CT molecular complexity index is 2930. The van der Waals surface area contributed by atoms with E-state index in [0.29, 0.717) is 0 Å². The summed E-state index contributed by atoms with van der Waals surface area (Å²) in [4.78, 5) is 185. The Balaban J connectivity index is -0.000000972.